The van der Waals surface area contributed by atoms with Gasteiger partial charge in [0.15, 0.2) is 0 Å². The topological polar surface area (TPSA) is 78.4 Å². The van der Waals surface area contributed by atoms with Crippen LogP contribution >= 0.6 is 0 Å². The molecule has 2 amide bonds. The molecule has 5 heteroatoms. The average molecular weight is 244 g/mol. The van der Waals surface area contributed by atoms with Crippen molar-refractivity contribution in [2.24, 2.45) is 0 Å². The number of nitrogens with one attached hydrogen (secondary N) is 2. The molecule has 1 atom stereocenters. The van der Waals surface area contributed by atoms with Crippen LogP contribution in [-0.2, 0) is 4.79 Å². The molecule has 0 rings (SSSR count). The first-order chi connectivity index (χ1) is 7.79. The molecular weight excluding hydrogens is 220 g/mol. The molecule has 0 radical (unpaired) electrons. The van der Waals surface area contributed by atoms with Gasteiger partial charge in [0.25, 0.3) is 0 Å². The lowest BCUT2D eigenvalue weighted by Crippen LogP contribution is -2.54. The summed E-state index contributed by atoms with van der Waals surface area (Å²) in [7, 11) is 0. The minimum Gasteiger partial charge on any atom is -0.480 e. The molecule has 100 valence electrons. The number of amides is 2. The lowest BCUT2D eigenvalue weighted by atomic mass is 10.1. The summed E-state index contributed by atoms with van der Waals surface area (Å²) in [6, 6.07) is -0.368. The normalized spacial score (nSPS) is 12.9. The molecule has 1 unspecified atom stereocenters. The van der Waals surface area contributed by atoms with E-state index >= 15 is 0 Å². The third kappa shape index (κ3) is 6.81. The van der Waals surface area contributed by atoms with E-state index in [0.29, 0.717) is 0 Å². The van der Waals surface area contributed by atoms with Crippen LogP contribution in [0, 0.1) is 0 Å². The molecule has 0 aliphatic heterocycles. The zero-order valence-electron chi connectivity index (χ0n) is 11.2. The first kappa shape index (κ1) is 15.7. The zero-order valence-corrected chi connectivity index (χ0v) is 11.2. The third-order valence-corrected chi connectivity index (χ3v) is 2.58. The van der Waals surface area contributed by atoms with Crippen molar-refractivity contribution in [3.8, 4) is 0 Å². The van der Waals surface area contributed by atoms with Crippen molar-refractivity contribution in [3.05, 3.63) is 0 Å². The Balaban J connectivity index is 3.97. The molecule has 0 heterocycles. The molecule has 5 nitrogen and oxygen atoms in total. The maximum Gasteiger partial charge on any atom is 0.328 e. The molecule has 0 aromatic carbocycles. The van der Waals surface area contributed by atoms with Crippen LogP contribution < -0.4 is 10.6 Å². The van der Waals surface area contributed by atoms with Gasteiger partial charge in [0.05, 0.1) is 0 Å². The van der Waals surface area contributed by atoms with Crippen molar-refractivity contribution < 1.29 is 14.7 Å². The smallest absolute Gasteiger partial charge is 0.328 e. The number of hydrogen-bond acceptors (Lipinski definition) is 2. The maximum atomic E-state index is 11.5. The van der Waals surface area contributed by atoms with Gasteiger partial charge in [-0.25, -0.2) is 9.59 Å². The Hall–Kier alpha value is -1.26. The van der Waals surface area contributed by atoms with Crippen molar-refractivity contribution in [2.45, 2.75) is 65.0 Å². The molecule has 17 heavy (non-hydrogen) atoms. The van der Waals surface area contributed by atoms with Crippen molar-refractivity contribution in [3.63, 3.8) is 0 Å². The van der Waals surface area contributed by atoms with Crippen LogP contribution in [0.15, 0.2) is 0 Å². The highest BCUT2D eigenvalue weighted by Crippen LogP contribution is 2.04. The maximum absolute atomic E-state index is 11.5. The Labute approximate surface area is 103 Å². The van der Waals surface area contributed by atoms with E-state index in [1.165, 1.54) is 13.8 Å². The molecule has 0 aromatic heterocycles. The van der Waals surface area contributed by atoms with Crippen molar-refractivity contribution in [2.75, 3.05) is 0 Å². The minimum atomic E-state index is -1.24. The number of carboxylic acids is 1. The molecule has 0 bridgehead atoms. The van der Waals surface area contributed by atoms with Crippen LogP contribution in [0.4, 0.5) is 4.79 Å². The molecule has 0 aliphatic rings. The van der Waals surface area contributed by atoms with Gasteiger partial charge in [0.2, 0.25) is 0 Å². The fourth-order valence-electron chi connectivity index (χ4n) is 1.37. The van der Waals surface area contributed by atoms with Gasteiger partial charge in [-0.05, 0) is 27.2 Å². The van der Waals surface area contributed by atoms with E-state index in [2.05, 4.69) is 17.6 Å². The Morgan fingerprint density at radius 1 is 1.29 bits per heavy atom. The summed E-state index contributed by atoms with van der Waals surface area (Å²) < 4.78 is 0. The standard InChI is InChI=1S/C12H24N2O3/c1-5-6-7-8-9(2)13-11(17)14-12(3,4)10(15)16/h9H,5-8H2,1-4H3,(H,15,16)(H2,13,14,17). The minimum absolute atomic E-state index is 0.0612. The molecular formula is C12H24N2O3. The molecule has 3 N–H and O–H groups in total. The Bertz CT molecular complexity index is 264. The van der Waals surface area contributed by atoms with Crippen LogP contribution in [0.2, 0.25) is 0 Å². The number of carbonyl (C=O) groups excluding carboxylic acids is 1. The molecule has 0 spiro atoms. The number of carbonyl (C=O) groups is 2. The summed E-state index contributed by atoms with van der Waals surface area (Å²) in [6.07, 6.45) is 4.27. The van der Waals surface area contributed by atoms with Crippen molar-refractivity contribution in [1.29, 1.82) is 0 Å². The monoisotopic (exact) mass is 244 g/mol. The molecule has 0 saturated heterocycles. The number of urea groups is 1. The second-order valence-corrected chi connectivity index (χ2v) is 4.93. The number of carboxylic acid groups (broad SMARTS) is 1. The fraction of sp³-hybridized carbons (Fsp3) is 0.833. The van der Waals surface area contributed by atoms with Crippen LogP contribution in [0.25, 0.3) is 0 Å². The van der Waals surface area contributed by atoms with Gasteiger partial charge in [-0.3, -0.25) is 0 Å². The van der Waals surface area contributed by atoms with E-state index in [0.717, 1.165) is 25.7 Å². The van der Waals surface area contributed by atoms with E-state index in [1.807, 2.05) is 6.92 Å². The largest absolute Gasteiger partial charge is 0.480 e. The summed E-state index contributed by atoms with van der Waals surface area (Å²) in [5, 5.41) is 14.0. The predicted molar refractivity (Wildman–Crippen MR) is 67.0 cm³/mol. The van der Waals surface area contributed by atoms with Gasteiger partial charge in [-0.15, -0.1) is 0 Å². The van der Waals surface area contributed by atoms with Gasteiger partial charge in [-0.2, -0.15) is 0 Å². The second-order valence-electron chi connectivity index (χ2n) is 4.93. The Morgan fingerprint density at radius 3 is 2.35 bits per heavy atom. The molecule has 0 aliphatic carbocycles. The Kier molecular flexibility index (Phi) is 6.61. The van der Waals surface area contributed by atoms with Crippen molar-refractivity contribution >= 4 is 12.0 Å². The lowest BCUT2D eigenvalue weighted by Gasteiger charge is -2.23. The molecule has 0 saturated carbocycles. The van der Waals surface area contributed by atoms with E-state index < -0.39 is 17.5 Å². The summed E-state index contributed by atoms with van der Waals surface area (Å²) in [4.78, 5) is 22.3. The number of rotatable bonds is 7. The number of unbranched alkanes of at least 4 members (excludes halogenated alkanes) is 2. The van der Waals surface area contributed by atoms with E-state index in [9.17, 15) is 9.59 Å². The highest BCUT2D eigenvalue weighted by molar-refractivity contribution is 5.85. The molecule has 0 aromatic rings. The van der Waals surface area contributed by atoms with Gasteiger partial charge >= 0.3 is 12.0 Å². The third-order valence-electron chi connectivity index (χ3n) is 2.58. The quantitative estimate of drug-likeness (QED) is 0.600. The van der Waals surface area contributed by atoms with Gasteiger partial charge in [0.1, 0.15) is 5.54 Å². The number of aliphatic carboxylic acids is 1. The lowest BCUT2D eigenvalue weighted by molar-refractivity contribution is -0.142. The predicted octanol–water partition coefficient (Wildman–Crippen LogP) is 2.12. The first-order valence-corrected chi connectivity index (χ1v) is 6.11. The fourth-order valence-corrected chi connectivity index (χ4v) is 1.37. The van der Waals surface area contributed by atoms with E-state index in [4.69, 9.17) is 5.11 Å². The summed E-state index contributed by atoms with van der Waals surface area (Å²) in [6.45, 7) is 6.95. The van der Waals surface area contributed by atoms with Crippen LogP contribution in [0.3, 0.4) is 0 Å². The summed E-state index contributed by atoms with van der Waals surface area (Å²) in [5.74, 6) is -1.05. The highest BCUT2D eigenvalue weighted by Gasteiger charge is 2.29. The number of hydrogen-bond donors (Lipinski definition) is 3. The highest BCUT2D eigenvalue weighted by atomic mass is 16.4. The van der Waals surface area contributed by atoms with Crippen LogP contribution in [0.5, 0.6) is 0 Å². The zero-order chi connectivity index (χ0) is 13.5. The summed E-state index contributed by atoms with van der Waals surface area (Å²) in [5.41, 5.74) is -1.24. The SMILES string of the molecule is CCCCCC(C)NC(=O)NC(C)(C)C(=O)O. The molecule has 0 fully saturated rings. The summed E-state index contributed by atoms with van der Waals surface area (Å²) >= 11 is 0. The van der Waals surface area contributed by atoms with Gasteiger partial charge in [0, 0.05) is 6.04 Å². The van der Waals surface area contributed by atoms with E-state index in [1.54, 1.807) is 0 Å². The van der Waals surface area contributed by atoms with Gasteiger partial charge < -0.3 is 15.7 Å². The average Bonchev–Trinajstić information content (AvgIpc) is 2.16. The van der Waals surface area contributed by atoms with Gasteiger partial charge in [-0.1, -0.05) is 26.2 Å². The first-order valence-electron chi connectivity index (χ1n) is 6.11. The Morgan fingerprint density at radius 2 is 1.88 bits per heavy atom. The second kappa shape index (κ2) is 7.14. The van der Waals surface area contributed by atoms with Crippen LogP contribution in [-0.4, -0.2) is 28.7 Å². The van der Waals surface area contributed by atoms with Crippen LogP contribution in [0.1, 0.15) is 53.4 Å². The van der Waals surface area contributed by atoms with E-state index in [-0.39, 0.29) is 6.04 Å². The van der Waals surface area contributed by atoms with Crippen molar-refractivity contribution in [1.82, 2.24) is 10.6 Å².